The minimum absolute atomic E-state index is 0.302. The topological polar surface area (TPSA) is 60.7 Å². The molecule has 0 aliphatic heterocycles. The first-order valence-electron chi connectivity index (χ1n) is 4.79. The maximum Gasteiger partial charge on any atom is 0.204 e. The molecule has 1 aromatic carbocycles. The molecule has 3 nitrogen and oxygen atoms in total. The van der Waals surface area contributed by atoms with Gasteiger partial charge in [-0.1, -0.05) is 24.3 Å². The van der Waals surface area contributed by atoms with Gasteiger partial charge in [-0.2, -0.15) is 10.5 Å². The lowest BCUT2D eigenvalue weighted by Crippen LogP contribution is -1.81. The molecule has 0 unspecified atom stereocenters. The molecule has 2 aromatic rings. The fourth-order valence-corrected chi connectivity index (χ4v) is 1.43. The van der Waals surface area contributed by atoms with Gasteiger partial charge in [-0.05, 0) is 17.7 Å². The second kappa shape index (κ2) is 4.33. The van der Waals surface area contributed by atoms with Gasteiger partial charge in [-0.15, -0.1) is 0 Å². The van der Waals surface area contributed by atoms with Crippen molar-refractivity contribution in [2.45, 2.75) is 6.42 Å². The minimum Gasteiger partial charge on any atom is -0.446 e. The highest BCUT2D eigenvalue weighted by Crippen LogP contribution is 2.22. The Morgan fingerprint density at radius 2 is 1.75 bits per heavy atom. The van der Waals surface area contributed by atoms with Crippen molar-refractivity contribution in [1.82, 2.24) is 0 Å². The summed E-state index contributed by atoms with van der Waals surface area (Å²) in [5.41, 5.74) is 1.88. The molecule has 0 aliphatic rings. The SMILES string of the molecule is N#CCc1ccc(-c2ccc(C#N)o2)cc1. The van der Waals surface area contributed by atoms with Crippen molar-refractivity contribution in [3.05, 3.63) is 47.7 Å². The molecule has 0 aliphatic carbocycles. The lowest BCUT2D eigenvalue weighted by atomic mass is 10.1. The van der Waals surface area contributed by atoms with Gasteiger partial charge in [0.05, 0.1) is 12.5 Å². The number of hydrogen-bond donors (Lipinski definition) is 0. The van der Waals surface area contributed by atoms with E-state index in [2.05, 4.69) is 6.07 Å². The summed E-state index contributed by atoms with van der Waals surface area (Å²) in [7, 11) is 0. The Balaban J connectivity index is 2.29. The molecule has 76 valence electrons. The van der Waals surface area contributed by atoms with Gasteiger partial charge in [0.1, 0.15) is 11.8 Å². The Morgan fingerprint density at radius 1 is 1.00 bits per heavy atom. The van der Waals surface area contributed by atoms with E-state index >= 15 is 0 Å². The monoisotopic (exact) mass is 208 g/mol. The summed E-state index contributed by atoms with van der Waals surface area (Å²) in [6.45, 7) is 0. The van der Waals surface area contributed by atoms with E-state index < -0.39 is 0 Å². The van der Waals surface area contributed by atoms with Crippen LogP contribution in [0.2, 0.25) is 0 Å². The normalized spacial score (nSPS) is 9.38. The predicted molar refractivity (Wildman–Crippen MR) is 58.2 cm³/mol. The molecule has 0 spiro atoms. The zero-order valence-electron chi connectivity index (χ0n) is 8.47. The van der Waals surface area contributed by atoms with Crippen LogP contribution in [0.3, 0.4) is 0 Å². The number of hydrogen-bond acceptors (Lipinski definition) is 3. The number of nitriles is 2. The molecule has 3 heteroatoms. The molecule has 0 atom stereocenters. The van der Waals surface area contributed by atoms with Crippen molar-refractivity contribution in [3.63, 3.8) is 0 Å². The fraction of sp³-hybridized carbons (Fsp3) is 0.0769. The van der Waals surface area contributed by atoms with Gasteiger partial charge in [0.2, 0.25) is 5.76 Å². The third-order valence-corrected chi connectivity index (χ3v) is 2.24. The van der Waals surface area contributed by atoms with Crippen LogP contribution in [0, 0.1) is 22.7 Å². The summed E-state index contributed by atoms with van der Waals surface area (Å²) in [6.07, 6.45) is 0.405. The van der Waals surface area contributed by atoms with E-state index in [1.807, 2.05) is 30.3 Å². The van der Waals surface area contributed by atoms with E-state index in [4.69, 9.17) is 14.9 Å². The zero-order valence-corrected chi connectivity index (χ0v) is 8.47. The van der Waals surface area contributed by atoms with Crippen molar-refractivity contribution in [3.8, 4) is 23.5 Å². The third-order valence-electron chi connectivity index (χ3n) is 2.24. The highest BCUT2D eigenvalue weighted by atomic mass is 16.3. The molecule has 16 heavy (non-hydrogen) atoms. The summed E-state index contributed by atoms with van der Waals surface area (Å²) in [5, 5.41) is 17.2. The summed E-state index contributed by atoms with van der Waals surface area (Å²) >= 11 is 0. The van der Waals surface area contributed by atoms with Crippen LogP contribution in [0.4, 0.5) is 0 Å². The maximum atomic E-state index is 8.63. The maximum absolute atomic E-state index is 8.63. The Bertz CT molecular complexity index is 567. The second-order valence-corrected chi connectivity index (χ2v) is 3.31. The van der Waals surface area contributed by atoms with Gasteiger partial charge in [0.25, 0.3) is 0 Å². The smallest absolute Gasteiger partial charge is 0.204 e. The molecule has 0 bridgehead atoms. The molecular formula is C13H8N2O. The van der Waals surface area contributed by atoms with Gasteiger partial charge >= 0.3 is 0 Å². The highest BCUT2D eigenvalue weighted by molar-refractivity contribution is 5.58. The van der Waals surface area contributed by atoms with Crippen LogP contribution in [0.1, 0.15) is 11.3 Å². The molecule has 0 N–H and O–H groups in total. The largest absolute Gasteiger partial charge is 0.446 e. The van der Waals surface area contributed by atoms with Crippen LogP contribution in [-0.2, 0) is 6.42 Å². The molecule has 0 radical (unpaired) electrons. The van der Waals surface area contributed by atoms with Gasteiger partial charge < -0.3 is 4.42 Å². The average Bonchev–Trinajstić information content (AvgIpc) is 2.79. The first kappa shape index (κ1) is 10.0. The van der Waals surface area contributed by atoms with Crippen LogP contribution in [-0.4, -0.2) is 0 Å². The Morgan fingerprint density at radius 3 is 2.31 bits per heavy atom. The summed E-state index contributed by atoms with van der Waals surface area (Å²) in [6, 6.07) is 15.0. The van der Waals surface area contributed by atoms with Crippen molar-refractivity contribution >= 4 is 0 Å². The standard InChI is InChI=1S/C13H8N2O/c14-8-7-10-1-3-11(4-2-10)13-6-5-12(9-15)16-13/h1-6H,7H2. The third kappa shape index (κ3) is 1.94. The molecule has 0 saturated carbocycles. The molecule has 1 aromatic heterocycles. The summed E-state index contributed by atoms with van der Waals surface area (Å²) in [4.78, 5) is 0. The lowest BCUT2D eigenvalue weighted by Gasteiger charge is -1.98. The van der Waals surface area contributed by atoms with Gasteiger partial charge in [0, 0.05) is 5.56 Å². The zero-order chi connectivity index (χ0) is 11.4. The summed E-state index contributed by atoms with van der Waals surface area (Å²) < 4.78 is 5.29. The van der Waals surface area contributed by atoms with Crippen LogP contribution < -0.4 is 0 Å². The Hall–Kier alpha value is -2.52. The van der Waals surface area contributed by atoms with Gasteiger partial charge in [-0.25, -0.2) is 0 Å². The van der Waals surface area contributed by atoms with E-state index in [0.29, 0.717) is 17.9 Å². The molecule has 2 rings (SSSR count). The number of furan rings is 1. The van der Waals surface area contributed by atoms with Crippen LogP contribution in [0.15, 0.2) is 40.8 Å². The van der Waals surface area contributed by atoms with E-state index in [-0.39, 0.29) is 0 Å². The van der Waals surface area contributed by atoms with Crippen LogP contribution >= 0.6 is 0 Å². The summed E-state index contributed by atoms with van der Waals surface area (Å²) in [5.74, 6) is 0.969. The molecule has 1 heterocycles. The Kier molecular flexibility index (Phi) is 2.71. The quantitative estimate of drug-likeness (QED) is 0.762. The Labute approximate surface area is 93.2 Å². The van der Waals surface area contributed by atoms with Crippen molar-refractivity contribution in [2.24, 2.45) is 0 Å². The first-order chi connectivity index (χ1) is 7.83. The fourth-order valence-electron chi connectivity index (χ4n) is 1.43. The van der Waals surface area contributed by atoms with E-state index in [9.17, 15) is 0 Å². The van der Waals surface area contributed by atoms with Crippen molar-refractivity contribution in [2.75, 3.05) is 0 Å². The van der Waals surface area contributed by atoms with E-state index in [1.165, 1.54) is 0 Å². The van der Waals surface area contributed by atoms with Crippen LogP contribution in [0.5, 0.6) is 0 Å². The number of rotatable bonds is 2. The number of nitrogens with zero attached hydrogens (tertiary/aromatic N) is 2. The average molecular weight is 208 g/mol. The van der Waals surface area contributed by atoms with Gasteiger partial charge in [0.15, 0.2) is 0 Å². The van der Waals surface area contributed by atoms with Crippen LogP contribution in [0.25, 0.3) is 11.3 Å². The minimum atomic E-state index is 0.302. The predicted octanol–water partition coefficient (Wildman–Crippen LogP) is 2.88. The molecule has 0 saturated heterocycles. The first-order valence-corrected chi connectivity index (χ1v) is 4.79. The van der Waals surface area contributed by atoms with E-state index in [0.717, 1.165) is 11.1 Å². The number of benzene rings is 1. The van der Waals surface area contributed by atoms with Crippen molar-refractivity contribution < 1.29 is 4.42 Å². The van der Waals surface area contributed by atoms with Gasteiger partial charge in [-0.3, -0.25) is 0 Å². The highest BCUT2D eigenvalue weighted by Gasteiger charge is 2.03. The molecule has 0 fully saturated rings. The van der Waals surface area contributed by atoms with Crippen molar-refractivity contribution in [1.29, 1.82) is 10.5 Å². The lowest BCUT2D eigenvalue weighted by molar-refractivity contribution is 0.567. The van der Waals surface area contributed by atoms with E-state index in [1.54, 1.807) is 12.1 Å². The second-order valence-electron chi connectivity index (χ2n) is 3.31. The molecular weight excluding hydrogens is 200 g/mol. The molecule has 0 amide bonds.